The number of likely N-dealkylation sites (tertiary alicyclic amines) is 1. The maximum absolute atomic E-state index is 18.0. The van der Waals surface area contributed by atoms with Crippen LogP contribution in [0.2, 0.25) is 16.6 Å². The van der Waals surface area contributed by atoms with Gasteiger partial charge >= 0.3 is 12.1 Å². The highest BCUT2D eigenvalue weighted by Gasteiger charge is 2.48. The van der Waals surface area contributed by atoms with E-state index in [1.807, 2.05) is 25.7 Å². The lowest BCUT2D eigenvalue weighted by Crippen LogP contribution is -2.57. The molecule has 2 bridgehead atoms. The zero-order valence-electron chi connectivity index (χ0n) is 40.3. The lowest BCUT2D eigenvalue weighted by Gasteiger charge is -2.44. The van der Waals surface area contributed by atoms with Gasteiger partial charge in [0.2, 0.25) is 0 Å². The number of carbonyl (C=O) groups is 1. The van der Waals surface area contributed by atoms with Crippen molar-refractivity contribution in [3.63, 3.8) is 0 Å². The van der Waals surface area contributed by atoms with Gasteiger partial charge in [-0.05, 0) is 113 Å². The number of hydrogen-bond acceptors (Lipinski definition) is 10. The number of ether oxygens (including phenoxy) is 4. The van der Waals surface area contributed by atoms with Gasteiger partial charge in [0.25, 0.3) is 0 Å². The average Bonchev–Trinajstić information content (AvgIpc) is 3.80. The highest BCUT2D eigenvalue weighted by Crippen LogP contribution is 2.48. The summed E-state index contributed by atoms with van der Waals surface area (Å²) in [6.45, 7) is 21.3. The molecular weight excluding hydrogens is 843 g/mol. The first-order valence-corrected chi connectivity index (χ1v) is 26.0. The van der Waals surface area contributed by atoms with Gasteiger partial charge in [-0.3, -0.25) is 9.88 Å². The number of fused-ring (bicyclic) bond motifs is 5. The Labute approximate surface area is 385 Å². The Kier molecular flexibility index (Phi) is 13.2. The minimum absolute atomic E-state index is 0.0205. The second-order valence-corrected chi connectivity index (χ2v) is 26.6. The summed E-state index contributed by atoms with van der Waals surface area (Å²) >= 11 is 0. The molecule has 65 heavy (non-hydrogen) atoms. The number of pyridine rings is 1. The number of methoxy groups -OCH3 is 1. The predicted molar refractivity (Wildman–Crippen MR) is 255 cm³/mol. The van der Waals surface area contributed by atoms with Gasteiger partial charge in [0, 0.05) is 48.8 Å². The molecule has 0 spiro atoms. The summed E-state index contributed by atoms with van der Waals surface area (Å²) in [7, 11) is 1.42. The third-order valence-electron chi connectivity index (χ3n) is 15.0. The Balaban J connectivity index is 1.29. The largest absolute Gasteiger partial charge is 0.468 e. The fourth-order valence-electron chi connectivity index (χ4n) is 12.1. The van der Waals surface area contributed by atoms with Gasteiger partial charge in [0.1, 0.15) is 42.3 Å². The van der Waals surface area contributed by atoms with Gasteiger partial charge in [-0.15, -0.1) is 5.54 Å². The van der Waals surface area contributed by atoms with E-state index in [-0.39, 0.29) is 53.2 Å². The van der Waals surface area contributed by atoms with Crippen molar-refractivity contribution in [1.82, 2.24) is 24.8 Å². The van der Waals surface area contributed by atoms with Crippen molar-refractivity contribution >= 4 is 41.7 Å². The van der Waals surface area contributed by atoms with Crippen molar-refractivity contribution in [1.29, 1.82) is 0 Å². The van der Waals surface area contributed by atoms with E-state index in [0.717, 1.165) is 51.5 Å². The number of hydrogen-bond donors (Lipinski definition) is 0. The van der Waals surface area contributed by atoms with Crippen LogP contribution in [-0.2, 0) is 9.47 Å². The highest BCUT2D eigenvalue weighted by molar-refractivity contribution is 6.90. The number of anilines is 1. The SMILES string of the molecule is COCOc1cc(-c2ncc3c(N4CC5CCC(C4)N5C(=O)OC(C)(C)C)nc(OC[C@]45CCC[C@H]4N(C)CCC5)nc3c2F)c2c(C#C[Si](C(C)C)(C(C)C)C(C)C)c(F)ccc2c1. The molecule has 2 aromatic heterocycles. The van der Waals surface area contributed by atoms with Crippen LogP contribution in [-0.4, -0.2) is 110 Å². The quantitative estimate of drug-likeness (QED) is 0.0821. The molecule has 1 saturated carbocycles. The molecule has 11 nitrogen and oxygen atoms in total. The number of amides is 1. The summed E-state index contributed by atoms with van der Waals surface area (Å²) < 4.78 is 58.1. The van der Waals surface area contributed by atoms with Gasteiger partial charge in [-0.2, -0.15) is 9.97 Å². The smallest absolute Gasteiger partial charge is 0.410 e. The van der Waals surface area contributed by atoms with E-state index in [9.17, 15) is 4.79 Å². The second-order valence-electron chi connectivity index (χ2n) is 21.0. The fraction of sp³-hybridized carbons (Fsp3) is 0.608. The van der Waals surface area contributed by atoms with Gasteiger partial charge in [0.15, 0.2) is 12.6 Å². The van der Waals surface area contributed by atoms with Crippen molar-refractivity contribution in [2.75, 3.05) is 52.1 Å². The van der Waals surface area contributed by atoms with Crippen molar-refractivity contribution in [3.05, 3.63) is 47.7 Å². The van der Waals surface area contributed by atoms with Crippen molar-refractivity contribution in [2.45, 2.75) is 148 Å². The Morgan fingerprint density at radius 3 is 2.31 bits per heavy atom. The molecule has 8 rings (SSSR count). The molecule has 4 atom stereocenters. The van der Waals surface area contributed by atoms with E-state index in [1.54, 1.807) is 24.4 Å². The van der Waals surface area contributed by atoms with E-state index in [2.05, 4.69) is 69.9 Å². The van der Waals surface area contributed by atoms with Crippen LogP contribution in [0.4, 0.5) is 19.4 Å². The van der Waals surface area contributed by atoms with Crippen molar-refractivity contribution in [2.24, 2.45) is 5.41 Å². The molecule has 0 radical (unpaired) electrons. The third kappa shape index (κ3) is 8.77. The highest BCUT2D eigenvalue weighted by atomic mass is 28.3. The molecule has 1 amide bonds. The molecule has 4 aromatic rings. The second kappa shape index (κ2) is 18.2. The van der Waals surface area contributed by atoms with Crippen molar-refractivity contribution in [3.8, 4) is 34.5 Å². The molecule has 4 fully saturated rings. The zero-order valence-corrected chi connectivity index (χ0v) is 41.3. The Hall–Kier alpha value is -4.58. The van der Waals surface area contributed by atoms with Crippen LogP contribution in [0.1, 0.15) is 113 Å². The number of rotatable bonds is 11. The predicted octanol–water partition coefficient (Wildman–Crippen LogP) is 10.9. The summed E-state index contributed by atoms with van der Waals surface area (Å²) in [6, 6.07) is 6.83. The minimum atomic E-state index is -2.31. The summed E-state index contributed by atoms with van der Waals surface area (Å²) in [6.07, 6.45) is 8.33. The zero-order chi connectivity index (χ0) is 46.6. The Morgan fingerprint density at radius 1 is 0.954 bits per heavy atom. The molecule has 0 N–H and O–H groups in total. The maximum atomic E-state index is 18.0. The molecule has 5 heterocycles. The van der Waals surface area contributed by atoms with Gasteiger partial charge < -0.3 is 28.7 Å². The third-order valence-corrected chi connectivity index (χ3v) is 21.3. The van der Waals surface area contributed by atoms with Crippen LogP contribution < -0.4 is 14.4 Å². The molecule has 2 aromatic carbocycles. The van der Waals surface area contributed by atoms with Crippen LogP contribution in [0.15, 0.2) is 30.5 Å². The molecule has 2 unspecified atom stereocenters. The normalized spacial score (nSPS) is 22.6. The van der Waals surface area contributed by atoms with E-state index in [4.69, 9.17) is 33.9 Å². The number of piperidine rings is 1. The number of carbonyl (C=O) groups excluding carboxylic acids is 1. The monoisotopic (exact) mass is 910 g/mol. The van der Waals surface area contributed by atoms with Crippen LogP contribution in [0.3, 0.4) is 0 Å². The van der Waals surface area contributed by atoms with Crippen LogP contribution in [0.5, 0.6) is 11.8 Å². The summed E-state index contributed by atoms with van der Waals surface area (Å²) in [4.78, 5) is 34.7. The van der Waals surface area contributed by atoms with Crippen LogP contribution in [0.25, 0.3) is 32.9 Å². The first-order chi connectivity index (χ1) is 30.9. The molecule has 14 heteroatoms. The summed E-state index contributed by atoms with van der Waals surface area (Å²) in [5, 5.41) is 1.49. The van der Waals surface area contributed by atoms with Gasteiger partial charge in [-0.25, -0.2) is 13.6 Å². The van der Waals surface area contributed by atoms with Gasteiger partial charge in [-0.1, -0.05) is 60.0 Å². The Morgan fingerprint density at radius 2 is 1.65 bits per heavy atom. The maximum Gasteiger partial charge on any atom is 0.410 e. The van der Waals surface area contributed by atoms with Crippen LogP contribution >= 0.6 is 0 Å². The molecule has 3 aliphatic heterocycles. The number of benzene rings is 2. The number of halogens is 2. The van der Waals surface area contributed by atoms with Crippen LogP contribution in [0, 0.1) is 28.5 Å². The first kappa shape index (κ1) is 46.9. The van der Waals surface area contributed by atoms with Crippen molar-refractivity contribution < 1.29 is 32.5 Å². The van der Waals surface area contributed by atoms with E-state index >= 15 is 8.78 Å². The topological polar surface area (TPSA) is 102 Å². The molecule has 1 aliphatic carbocycles. The average molecular weight is 911 g/mol. The summed E-state index contributed by atoms with van der Waals surface area (Å²) in [5.41, 5.74) is 4.54. The van der Waals surface area contributed by atoms with E-state index < -0.39 is 25.3 Å². The van der Waals surface area contributed by atoms with E-state index in [1.165, 1.54) is 13.2 Å². The molecule has 350 valence electrons. The standard InChI is InChI=1S/C51H68F2N6O5Si/c1-31(2)65(32(3)4,33(5)6)23-19-38-41(52)18-15-34-24-37(63-30-61-11)25-39(43(34)38)45-44(53)46-40(26-54-45)47(58-27-35-16-17-36(28-58)59(35)49(60)64-50(7,8)9)56-48(55-46)62-29-51-20-12-14-42(51)57(10)22-13-21-51/h15,18,24-26,31-33,35-36,42H,12-14,16-17,20-22,27-30H2,1-11H3/t35?,36?,42-,51-/m1/s1. The number of aromatic nitrogens is 3. The number of nitrogens with zero attached hydrogens (tertiary/aromatic N) is 6. The minimum Gasteiger partial charge on any atom is -0.468 e. The van der Waals surface area contributed by atoms with Gasteiger partial charge in [0.05, 0.1) is 29.6 Å². The lowest BCUT2D eigenvalue weighted by molar-refractivity contribution is 0.0119. The summed E-state index contributed by atoms with van der Waals surface area (Å²) in [5.74, 6) is 3.10. The Bertz CT molecular complexity index is 2470. The molecule has 4 aliphatic rings. The molecular formula is C51H68F2N6O5Si. The molecule has 3 saturated heterocycles. The fourth-order valence-corrected chi connectivity index (χ4v) is 17.3. The number of piperazine rings is 1. The lowest BCUT2D eigenvalue weighted by atomic mass is 9.76. The van der Waals surface area contributed by atoms with E-state index in [0.29, 0.717) is 75.7 Å². The first-order valence-electron chi connectivity index (χ1n) is 23.7.